The van der Waals surface area contributed by atoms with Gasteiger partial charge < -0.3 is 4.57 Å². The van der Waals surface area contributed by atoms with Crippen LogP contribution in [0, 0.1) is 6.92 Å². The van der Waals surface area contributed by atoms with Gasteiger partial charge in [0.25, 0.3) is 0 Å². The Bertz CT molecular complexity index is 1520. The third kappa shape index (κ3) is 5.15. The fourth-order valence-corrected chi connectivity index (χ4v) is 8.13. The Morgan fingerprint density at radius 2 is 1.49 bits per heavy atom. The Morgan fingerprint density at radius 1 is 0.872 bits per heavy atom. The van der Waals surface area contributed by atoms with Crippen LogP contribution in [0.5, 0.6) is 0 Å². The summed E-state index contributed by atoms with van der Waals surface area (Å²) >= 11 is 0. The molecular weight excluding hydrogens is 504 g/mol. The summed E-state index contributed by atoms with van der Waals surface area (Å²) in [5.41, 5.74) is 3.18. The lowest BCUT2D eigenvalue weighted by Crippen LogP contribution is -2.47. The van der Waals surface area contributed by atoms with E-state index in [4.69, 9.17) is 4.98 Å². The quantitative estimate of drug-likeness (QED) is 0.289. The zero-order chi connectivity index (χ0) is 27.0. The van der Waals surface area contributed by atoms with E-state index < -0.39 is 10.0 Å². The maximum atomic E-state index is 13.1. The molecule has 6 rings (SSSR count). The van der Waals surface area contributed by atoms with Gasteiger partial charge in [0.15, 0.2) is 0 Å². The van der Waals surface area contributed by atoms with Crippen molar-refractivity contribution in [3.05, 3.63) is 96.3 Å². The van der Waals surface area contributed by atoms with Gasteiger partial charge in [0, 0.05) is 30.1 Å². The van der Waals surface area contributed by atoms with Gasteiger partial charge in [0.2, 0.25) is 10.0 Å². The van der Waals surface area contributed by atoms with Crippen molar-refractivity contribution in [3.8, 4) is 0 Å². The number of hydrogen-bond acceptors (Lipinski definition) is 4. The Balaban J connectivity index is 1.18. The van der Waals surface area contributed by atoms with Gasteiger partial charge in [0.05, 0.1) is 15.9 Å². The highest BCUT2D eigenvalue weighted by Crippen LogP contribution is 2.43. The molecule has 3 heterocycles. The second-order valence-corrected chi connectivity index (χ2v) is 13.3. The lowest BCUT2D eigenvalue weighted by atomic mass is 9.79. The molecule has 1 aromatic heterocycles. The third-order valence-corrected chi connectivity index (χ3v) is 10.5. The molecule has 39 heavy (non-hydrogen) atoms. The summed E-state index contributed by atoms with van der Waals surface area (Å²) in [4.78, 5) is 7.86. The molecule has 3 aromatic carbocycles. The second kappa shape index (κ2) is 10.5. The Morgan fingerprint density at radius 3 is 2.18 bits per heavy atom. The molecule has 0 amide bonds. The summed E-state index contributed by atoms with van der Waals surface area (Å²) in [5, 5.41) is 0. The molecule has 1 unspecified atom stereocenters. The van der Waals surface area contributed by atoms with Crippen LogP contribution in [0.3, 0.4) is 0 Å². The lowest BCUT2D eigenvalue weighted by molar-refractivity contribution is 0.0984. The predicted octanol–water partition coefficient (Wildman–Crippen LogP) is 5.84. The molecule has 0 saturated carbocycles. The molecule has 7 heteroatoms. The van der Waals surface area contributed by atoms with E-state index in [1.165, 1.54) is 23.9 Å². The molecule has 2 aliphatic rings. The topological polar surface area (TPSA) is 67.2 Å². The van der Waals surface area contributed by atoms with Crippen LogP contribution in [0.15, 0.2) is 89.8 Å². The van der Waals surface area contributed by atoms with E-state index in [0.29, 0.717) is 29.6 Å². The third-order valence-electron chi connectivity index (χ3n) is 9.10. The van der Waals surface area contributed by atoms with Crippen molar-refractivity contribution in [3.63, 3.8) is 0 Å². The number of aromatic nitrogens is 2. The highest BCUT2D eigenvalue weighted by molar-refractivity contribution is 7.89. The molecule has 2 fully saturated rings. The van der Waals surface area contributed by atoms with Gasteiger partial charge in [-0.25, -0.2) is 18.1 Å². The van der Waals surface area contributed by atoms with Crippen LogP contribution in [-0.2, 0) is 15.4 Å². The predicted molar refractivity (Wildman–Crippen MR) is 156 cm³/mol. The number of para-hydroxylation sites is 2. The zero-order valence-electron chi connectivity index (χ0n) is 22.8. The van der Waals surface area contributed by atoms with Gasteiger partial charge in [-0.15, -0.1) is 0 Å². The van der Waals surface area contributed by atoms with Crippen LogP contribution in [0.25, 0.3) is 11.0 Å². The number of imidazole rings is 1. The molecule has 4 aromatic rings. The smallest absolute Gasteiger partial charge is 0.240 e. The number of hydrogen-bond donors (Lipinski definition) is 1. The molecule has 1 N–H and O–H groups in total. The van der Waals surface area contributed by atoms with Crippen molar-refractivity contribution < 1.29 is 8.42 Å². The molecule has 0 aliphatic carbocycles. The first kappa shape index (κ1) is 26.2. The van der Waals surface area contributed by atoms with E-state index in [1.807, 2.05) is 24.3 Å². The van der Waals surface area contributed by atoms with E-state index in [2.05, 4.69) is 64.4 Å². The minimum absolute atomic E-state index is 0.308. The van der Waals surface area contributed by atoms with Crippen molar-refractivity contribution >= 4 is 21.1 Å². The van der Waals surface area contributed by atoms with Gasteiger partial charge in [-0.1, -0.05) is 67.6 Å². The highest BCUT2D eigenvalue weighted by atomic mass is 32.2. The van der Waals surface area contributed by atoms with E-state index in [1.54, 1.807) is 24.3 Å². The Kier molecular flexibility index (Phi) is 7.08. The standard InChI is InChI=1S/C32H38N4O2S/c1-24-34-30-15-9-10-16-31(30)36(24)28-21-26-17-18-27(22-28)35(26)20-19-32(2,25-11-5-3-6-12-25)23-33-39(37,38)29-13-7-4-8-14-29/h3-16,26-28,33H,17-23H2,1-2H3/t26-,27+,28+,32?. The molecule has 0 radical (unpaired) electrons. The van der Waals surface area contributed by atoms with E-state index in [0.717, 1.165) is 37.1 Å². The molecular formula is C32H38N4O2S. The minimum atomic E-state index is -3.58. The monoisotopic (exact) mass is 542 g/mol. The molecule has 204 valence electrons. The Hall–Kier alpha value is -3.00. The van der Waals surface area contributed by atoms with Gasteiger partial charge >= 0.3 is 0 Å². The maximum absolute atomic E-state index is 13.1. The van der Waals surface area contributed by atoms with Gasteiger partial charge in [0.1, 0.15) is 5.82 Å². The van der Waals surface area contributed by atoms with Gasteiger partial charge in [-0.05, 0) is 75.4 Å². The van der Waals surface area contributed by atoms with Crippen LogP contribution < -0.4 is 4.72 Å². The number of piperidine rings is 1. The number of aryl methyl sites for hydroxylation is 1. The van der Waals surface area contributed by atoms with Crippen LogP contribution in [0.2, 0.25) is 0 Å². The number of nitrogens with zero attached hydrogens (tertiary/aromatic N) is 3. The molecule has 2 aliphatic heterocycles. The molecule has 2 saturated heterocycles. The second-order valence-electron chi connectivity index (χ2n) is 11.6. The fourth-order valence-electron chi connectivity index (χ4n) is 6.94. The first-order valence-electron chi connectivity index (χ1n) is 14.1. The van der Waals surface area contributed by atoms with Crippen molar-refractivity contribution in [2.75, 3.05) is 13.1 Å². The molecule has 4 atom stereocenters. The maximum Gasteiger partial charge on any atom is 0.240 e. The Labute approximate surface area is 232 Å². The highest BCUT2D eigenvalue weighted by Gasteiger charge is 2.42. The lowest BCUT2D eigenvalue weighted by Gasteiger charge is -2.42. The average Bonchev–Trinajstić information content (AvgIpc) is 3.42. The SMILES string of the molecule is Cc1nc2ccccc2n1[C@H]1C[C@H]2CC[C@@H](C1)N2CCC(C)(CNS(=O)(=O)c1ccccc1)c1ccccc1. The fraction of sp³-hybridized carbons (Fsp3) is 0.406. The molecule has 2 bridgehead atoms. The first-order valence-corrected chi connectivity index (χ1v) is 15.6. The van der Waals surface area contributed by atoms with Crippen molar-refractivity contribution in [2.24, 2.45) is 0 Å². The minimum Gasteiger partial charge on any atom is -0.325 e. The molecule has 6 nitrogen and oxygen atoms in total. The summed E-state index contributed by atoms with van der Waals surface area (Å²) in [7, 11) is -3.58. The van der Waals surface area contributed by atoms with Gasteiger partial charge in [-0.3, -0.25) is 4.90 Å². The van der Waals surface area contributed by atoms with Crippen LogP contribution >= 0.6 is 0 Å². The largest absolute Gasteiger partial charge is 0.325 e. The number of sulfonamides is 1. The van der Waals surface area contributed by atoms with E-state index >= 15 is 0 Å². The summed E-state index contributed by atoms with van der Waals surface area (Å²) < 4.78 is 31.6. The summed E-state index contributed by atoms with van der Waals surface area (Å²) in [5.74, 6) is 1.11. The van der Waals surface area contributed by atoms with Crippen LogP contribution in [-0.4, -0.2) is 48.0 Å². The van der Waals surface area contributed by atoms with Crippen LogP contribution in [0.1, 0.15) is 56.5 Å². The van der Waals surface area contributed by atoms with Crippen LogP contribution in [0.4, 0.5) is 0 Å². The number of rotatable bonds is 9. The average molecular weight is 543 g/mol. The first-order chi connectivity index (χ1) is 18.8. The van der Waals surface area contributed by atoms with Crippen molar-refractivity contribution in [1.29, 1.82) is 0 Å². The summed E-state index contributed by atoms with van der Waals surface area (Å²) in [6.45, 7) is 5.66. The number of benzene rings is 3. The normalized spacial score (nSPS) is 23.2. The number of nitrogens with one attached hydrogen (secondary N) is 1. The van der Waals surface area contributed by atoms with Gasteiger partial charge in [-0.2, -0.15) is 0 Å². The summed E-state index contributed by atoms with van der Waals surface area (Å²) in [6.07, 6.45) is 5.63. The van der Waals surface area contributed by atoms with E-state index in [9.17, 15) is 8.42 Å². The number of fused-ring (bicyclic) bond motifs is 3. The van der Waals surface area contributed by atoms with E-state index in [-0.39, 0.29) is 5.41 Å². The molecule has 0 spiro atoms. The van der Waals surface area contributed by atoms with Crippen molar-refractivity contribution in [1.82, 2.24) is 19.2 Å². The summed E-state index contributed by atoms with van der Waals surface area (Å²) in [6, 6.07) is 29.1. The van der Waals surface area contributed by atoms with Crippen molar-refractivity contribution in [2.45, 2.75) is 74.4 Å². The zero-order valence-corrected chi connectivity index (χ0v) is 23.6.